The van der Waals surface area contributed by atoms with Crippen LogP contribution < -0.4 is 4.72 Å². The summed E-state index contributed by atoms with van der Waals surface area (Å²) >= 11 is 0. The maximum absolute atomic E-state index is 12.7. The third-order valence-electron chi connectivity index (χ3n) is 4.48. The van der Waals surface area contributed by atoms with E-state index in [0.717, 1.165) is 29.0 Å². The predicted octanol–water partition coefficient (Wildman–Crippen LogP) is 3.29. The zero-order valence-electron chi connectivity index (χ0n) is 16.5. The minimum atomic E-state index is -3.88. The van der Waals surface area contributed by atoms with Crippen molar-refractivity contribution in [2.45, 2.75) is 29.5 Å². The molecule has 0 amide bonds. The number of benzene rings is 3. The van der Waals surface area contributed by atoms with Gasteiger partial charge in [-0.15, -0.1) is 0 Å². The van der Waals surface area contributed by atoms with Gasteiger partial charge in [-0.2, -0.15) is 0 Å². The van der Waals surface area contributed by atoms with Crippen molar-refractivity contribution in [3.63, 3.8) is 0 Å². The molecule has 0 saturated heterocycles. The lowest BCUT2D eigenvalue weighted by Gasteiger charge is -2.12. The first kappa shape index (κ1) is 22.2. The van der Waals surface area contributed by atoms with Gasteiger partial charge in [0, 0.05) is 12.8 Å². The zero-order valence-corrected chi connectivity index (χ0v) is 18.1. The Morgan fingerprint density at radius 1 is 0.733 bits per heavy atom. The van der Waals surface area contributed by atoms with E-state index in [9.17, 15) is 16.8 Å². The van der Waals surface area contributed by atoms with Crippen LogP contribution in [0.3, 0.4) is 0 Å². The Hall–Kier alpha value is -2.52. The van der Waals surface area contributed by atoms with Crippen molar-refractivity contribution >= 4 is 19.9 Å². The first-order valence-electron chi connectivity index (χ1n) is 9.24. The third-order valence-corrected chi connectivity index (χ3v) is 6.99. The minimum absolute atomic E-state index is 0.0416. The Morgan fingerprint density at radius 3 is 2.07 bits per heavy atom. The Labute approximate surface area is 177 Å². The molecule has 0 aliphatic heterocycles. The molecular formula is C22H23NO5S2. The number of nitrogens with one attached hydrogen (secondary N) is 1. The van der Waals surface area contributed by atoms with E-state index in [-0.39, 0.29) is 16.3 Å². The van der Waals surface area contributed by atoms with E-state index in [1.807, 2.05) is 54.6 Å². The first-order valence-corrected chi connectivity index (χ1v) is 12.6. The van der Waals surface area contributed by atoms with Crippen LogP contribution in [0.2, 0.25) is 0 Å². The molecule has 0 spiro atoms. The molecule has 0 heterocycles. The highest BCUT2D eigenvalue weighted by molar-refractivity contribution is 7.91. The molecule has 0 saturated carbocycles. The predicted molar refractivity (Wildman–Crippen MR) is 115 cm³/mol. The van der Waals surface area contributed by atoms with Crippen molar-refractivity contribution in [3.05, 3.63) is 95.6 Å². The lowest BCUT2D eigenvalue weighted by molar-refractivity contribution is 0.106. The summed E-state index contributed by atoms with van der Waals surface area (Å²) in [6.07, 6.45) is 1.04. The van der Waals surface area contributed by atoms with E-state index in [4.69, 9.17) is 4.74 Å². The topological polar surface area (TPSA) is 89.5 Å². The molecule has 158 valence electrons. The Morgan fingerprint density at radius 2 is 1.37 bits per heavy atom. The lowest BCUT2D eigenvalue weighted by atomic mass is 10.1. The van der Waals surface area contributed by atoms with Gasteiger partial charge in [-0.05, 0) is 34.9 Å². The van der Waals surface area contributed by atoms with Gasteiger partial charge in [-0.3, -0.25) is 0 Å². The van der Waals surface area contributed by atoms with Crippen molar-refractivity contribution in [2.75, 3.05) is 6.26 Å². The van der Waals surface area contributed by atoms with Gasteiger partial charge < -0.3 is 4.74 Å². The molecule has 0 unspecified atom stereocenters. The SMILES string of the molecule is CS(=O)(=O)c1cccc(S(=O)(=O)NCc2ccccc2COCc2ccccc2)c1. The standard InChI is InChI=1S/C22H23NO5S2/c1-29(24,25)21-12-7-13-22(14-21)30(26,27)23-15-19-10-5-6-11-20(19)17-28-16-18-8-3-2-4-9-18/h2-14,23H,15-17H2,1H3. The van der Waals surface area contributed by atoms with Crippen molar-refractivity contribution in [1.82, 2.24) is 4.72 Å². The maximum atomic E-state index is 12.7. The second-order valence-corrected chi connectivity index (χ2v) is 10.6. The monoisotopic (exact) mass is 445 g/mol. The Bertz CT molecular complexity index is 1210. The zero-order chi connectivity index (χ0) is 21.6. The molecule has 1 N–H and O–H groups in total. The molecular weight excluding hydrogens is 422 g/mol. The van der Waals surface area contributed by atoms with Crippen LogP contribution >= 0.6 is 0 Å². The van der Waals surface area contributed by atoms with Crippen LogP contribution in [0.4, 0.5) is 0 Å². The van der Waals surface area contributed by atoms with E-state index in [1.165, 1.54) is 18.2 Å². The molecule has 8 heteroatoms. The van der Waals surface area contributed by atoms with Crippen LogP contribution in [0.1, 0.15) is 16.7 Å². The highest BCUT2D eigenvalue weighted by Crippen LogP contribution is 2.17. The number of sulfonamides is 1. The van der Waals surface area contributed by atoms with Crippen molar-refractivity contribution in [1.29, 1.82) is 0 Å². The quantitative estimate of drug-likeness (QED) is 0.546. The fourth-order valence-corrected chi connectivity index (χ4v) is 4.65. The first-order chi connectivity index (χ1) is 14.3. The molecule has 0 radical (unpaired) electrons. The summed E-state index contributed by atoms with van der Waals surface area (Å²) in [6, 6.07) is 22.5. The van der Waals surface area contributed by atoms with Gasteiger partial charge in [0.25, 0.3) is 0 Å². The molecule has 0 aliphatic carbocycles. The summed E-state index contributed by atoms with van der Waals surface area (Å²) in [5.41, 5.74) is 2.72. The van der Waals surface area contributed by atoms with Crippen molar-refractivity contribution in [2.24, 2.45) is 0 Å². The molecule has 0 aromatic heterocycles. The summed E-state index contributed by atoms with van der Waals surface area (Å²) in [6.45, 7) is 0.867. The van der Waals surface area contributed by atoms with E-state index < -0.39 is 19.9 Å². The number of rotatable bonds is 9. The normalized spacial score (nSPS) is 12.0. The molecule has 3 aromatic carbocycles. The molecule has 6 nitrogen and oxygen atoms in total. The van der Waals surface area contributed by atoms with Crippen LogP contribution in [-0.2, 0) is 44.4 Å². The second-order valence-electron chi connectivity index (χ2n) is 6.82. The van der Waals surface area contributed by atoms with Crippen LogP contribution in [0, 0.1) is 0 Å². The average molecular weight is 446 g/mol. The third kappa shape index (κ3) is 5.99. The molecule has 0 bridgehead atoms. The van der Waals surface area contributed by atoms with Crippen molar-refractivity contribution < 1.29 is 21.6 Å². The molecule has 0 atom stereocenters. The average Bonchev–Trinajstić information content (AvgIpc) is 2.73. The molecule has 0 aliphatic rings. The lowest BCUT2D eigenvalue weighted by Crippen LogP contribution is -2.24. The Balaban J connectivity index is 1.68. The van der Waals surface area contributed by atoms with E-state index in [1.54, 1.807) is 0 Å². The summed E-state index contributed by atoms with van der Waals surface area (Å²) in [4.78, 5) is -0.136. The molecule has 0 fully saturated rings. The largest absolute Gasteiger partial charge is 0.372 e. The van der Waals surface area contributed by atoms with E-state index in [0.29, 0.717) is 13.2 Å². The van der Waals surface area contributed by atoms with Gasteiger partial charge in [0.1, 0.15) is 0 Å². The van der Waals surface area contributed by atoms with Crippen LogP contribution in [0.15, 0.2) is 88.7 Å². The van der Waals surface area contributed by atoms with Gasteiger partial charge in [-0.25, -0.2) is 21.6 Å². The fourth-order valence-electron chi connectivity index (χ4n) is 2.85. The number of ether oxygens (including phenoxy) is 1. The second kappa shape index (κ2) is 9.53. The summed E-state index contributed by atoms with van der Waals surface area (Å²) in [5, 5.41) is 0. The van der Waals surface area contributed by atoms with Crippen LogP contribution in [0.25, 0.3) is 0 Å². The minimum Gasteiger partial charge on any atom is -0.372 e. The Kier molecular flexibility index (Phi) is 7.04. The highest BCUT2D eigenvalue weighted by Gasteiger charge is 2.17. The van der Waals surface area contributed by atoms with Crippen LogP contribution in [-0.4, -0.2) is 23.1 Å². The van der Waals surface area contributed by atoms with Gasteiger partial charge in [0.2, 0.25) is 10.0 Å². The molecule has 30 heavy (non-hydrogen) atoms. The highest BCUT2D eigenvalue weighted by atomic mass is 32.2. The van der Waals surface area contributed by atoms with Gasteiger partial charge in [0.15, 0.2) is 9.84 Å². The van der Waals surface area contributed by atoms with Crippen molar-refractivity contribution in [3.8, 4) is 0 Å². The van der Waals surface area contributed by atoms with E-state index in [2.05, 4.69) is 4.72 Å². The number of hydrogen-bond donors (Lipinski definition) is 1. The smallest absolute Gasteiger partial charge is 0.240 e. The summed E-state index contributed by atoms with van der Waals surface area (Å²) in [5.74, 6) is 0. The molecule has 3 aromatic rings. The van der Waals surface area contributed by atoms with Gasteiger partial charge in [-0.1, -0.05) is 60.7 Å². The number of hydrogen-bond acceptors (Lipinski definition) is 5. The maximum Gasteiger partial charge on any atom is 0.240 e. The summed E-state index contributed by atoms with van der Waals surface area (Å²) in [7, 11) is -7.38. The fraction of sp³-hybridized carbons (Fsp3) is 0.182. The van der Waals surface area contributed by atoms with Gasteiger partial charge in [0.05, 0.1) is 23.0 Å². The van der Waals surface area contributed by atoms with Crippen LogP contribution in [0.5, 0.6) is 0 Å². The van der Waals surface area contributed by atoms with Gasteiger partial charge >= 0.3 is 0 Å². The number of sulfone groups is 1. The van der Waals surface area contributed by atoms with E-state index >= 15 is 0 Å². The summed E-state index contributed by atoms with van der Waals surface area (Å²) < 4.78 is 57.0. The molecule has 3 rings (SSSR count).